The molecule has 0 unspecified atom stereocenters. The molecular formula is C9H11N7S. The Morgan fingerprint density at radius 3 is 2.65 bits per heavy atom. The Morgan fingerprint density at radius 1 is 1.18 bits per heavy atom. The van der Waals surface area contributed by atoms with Crippen molar-refractivity contribution in [3.05, 3.63) is 18.6 Å². The second-order valence-corrected chi connectivity index (χ2v) is 4.30. The van der Waals surface area contributed by atoms with Gasteiger partial charge in [0, 0.05) is 26.5 Å². The van der Waals surface area contributed by atoms with Crippen molar-refractivity contribution in [2.75, 3.05) is 24.7 Å². The Bertz CT molecular complexity index is 502. The Balaban J connectivity index is 2.27. The molecule has 7 nitrogen and oxygen atoms in total. The molecule has 0 spiro atoms. The topological polar surface area (TPSA) is 93.7 Å². The highest BCUT2D eigenvalue weighted by molar-refractivity contribution is 7.99. The molecule has 0 aromatic carbocycles. The molecule has 2 rings (SSSR count). The molecule has 0 aliphatic heterocycles. The van der Waals surface area contributed by atoms with E-state index in [4.69, 9.17) is 5.73 Å². The molecule has 0 saturated heterocycles. The first-order chi connectivity index (χ1) is 8.15. The molecule has 2 aromatic rings. The van der Waals surface area contributed by atoms with E-state index in [1.165, 1.54) is 11.8 Å². The average Bonchev–Trinajstić information content (AvgIpc) is 2.29. The molecule has 0 aliphatic carbocycles. The summed E-state index contributed by atoms with van der Waals surface area (Å²) in [6.07, 6.45) is 4.86. The SMILES string of the molecule is CN(C)c1nc(N)nc(Sc2cnccn2)n1. The van der Waals surface area contributed by atoms with E-state index in [0.717, 1.165) is 0 Å². The van der Waals surface area contributed by atoms with Gasteiger partial charge in [-0.3, -0.25) is 4.98 Å². The number of anilines is 2. The van der Waals surface area contributed by atoms with Crippen molar-refractivity contribution in [1.82, 2.24) is 24.9 Å². The highest BCUT2D eigenvalue weighted by Crippen LogP contribution is 2.22. The predicted octanol–water partition coefficient (Wildman–Crippen LogP) is 0.461. The molecule has 0 radical (unpaired) electrons. The Kier molecular flexibility index (Phi) is 3.33. The van der Waals surface area contributed by atoms with E-state index >= 15 is 0 Å². The minimum atomic E-state index is 0.190. The number of nitrogens with two attached hydrogens (primary N) is 1. The van der Waals surface area contributed by atoms with Gasteiger partial charge < -0.3 is 10.6 Å². The summed E-state index contributed by atoms with van der Waals surface area (Å²) < 4.78 is 0. The van der Waals surface area contributed by atoms with E-state index in [9.17, 15) is 0 Å². The lowest BCUT2D eigenvalue weighted by Gasteiger charge is -2.10. The number of aromatic nitrogens is 5. The second-order valence-electron chi connectivity index (χ2n) is 3.32. The van der Waals surface area contributed by atoms with E-state index < -0.39 is 0 Å². The van der Waals surface area contributed by atoms with Gasteiger partial charge in [-0.2, -0.15) is 15.0 Å². The fourth-order valence-electron chi connectivity index (χ4n) is 1.04. The fraction of sp³-hybridized carbons (Fsp3) is 0.222. The lowest BCUT2D eigenvalue weighted by molar-refractivity contribution is 0.873. The van der Waals surface area contributed by atoms with Gasteiger partial charge in [0.2, 0.25) is 17.1 Å². The zero-order valence-electron chi connectivity index (χ0n) is 9.40. The van der Waals surface area contributed by atoms with Gasteiger partial charge in [-0.15, -0.1) is 0 Å². The van der Waals surface area contributed by atoms with Gasteiger partial charge in [0.1, 0.15) is 5.03 Å². The van der Waals surface area contributed by atoms with Crippen LogP contribution in [0.4, 0.5) is 11.9 Å². The molecule has 88 valence electrons. The monoisotopic (exact) mass is 249 g/mol. The first-order valence-corrected chi connectivity index (χ1v) is 5.59. The van der Waals surface area contributed by atoms with Crippen LogP contribution >= 0.6 is 11.8 Å². The van der Waals surface area contributed by atoms with Crippen LogP contribution in [-0.2, 0) is 0 Å². The quantitative estimate of drug-likeness (QED) is 0.838. The van der Waals surface area contributed by atoms with Crippen molar-refractivity contribution in [1.29, 1.82) is 0 Å². The van der Waals surface area contributed by atoms with E-state index in [1.54, 1.807) is 23.5 Å². The minimum Gasteiger partial charge on any atom is -0.368 e. The van der Waals surface area contributed by atoms with E-state index in [0.29, 0.717) is 16.1 Å². The van der Waals surface area contributed by atoms with Crippen LogP contribution < -0.4 is 10.6 Å². The summed E-state index contributed by atoms with van der Waals surface area (Å²) in [4.78, 5) is 22.1. The number of hydrogen-bond acceptors (Lipinski definition) is 8. The second kappa shape index (κ2) is 4.91. The molecule has 0 saturated carbocycles. The number of nitrogen functional groups attached to an aromatic ring is 1. The van der Waals surface area contributed by atoms with Gasteiger partial charge in [-0.25, -0.2) is 4.98 Å². The van der Waals surface area contributed by atoms with Gasteiger partial charge in [0.25, 0.3) is 0 Å². The third-order valence-corrected chi connectivity index (χ3v) is 2.54. The van der Waals surface area contributed by atoms with Crippen LogP contribution in [0.1, 0.15) is 0 Å². The van der Waals surface area contributed by atoms with E-state index in [-0.39, 0.29) is 5.95 Å². The minimum absolute atomic E-state index is 0.190. The largest absolute Gasteiger partial charge is 0.368 e. The van der Waals surface area contributed by atoms with Crippen LogP contribution in [0.3, 0.4) is 0 Å². The van der Waals surface area contributed by atoms with Crippen LogP contribution in [0.2, 0.25) is 0 Å². The van der Waals surface area contributed by atoms with Crippen molar-refractivity contribution in [2.45, 2.75) is 10.2 Å². The number of rotatable bonds is 3. The zero-order chi connectivity index (χ0) is 12.3. The van der Waals surface area contributed by atoms with E-state index in [1.807, 2.05) is 14.1 Å². The summed E-state index contributed by atoms with van der Waals surface area (Å²) >= 11 is 1.29. The molecular weight excluding hydrogens is 238 g/mol. The maximum Gasteiger partial charge on any atom is 0.230 e. The van der Waals surface area contributed by atoms with Crippen molar-refractivity contribution in [3.8, 4) is 0 Å². The molecule has 17 heavy (non-hydrogen) atoms. The van der Waals surface area contributed by atoms with Gasteiger partial charge >= 0.3 is 0 Å². The van der Waals surface area contributed by atoms with Crippen molar-refractivity contribution in [2.24, 2.45) is 0 Å². The highest BCUT2D eigenvalue weighted by atomic mass is 32.2. The Hall–Kier alpha value is -1.96. The van der Waals surface area contributed by atoms with E-state index in [2.05, 4.69) is 24.9 Å². The first-order valence-electron chi connectivity index (χ1n) is 4.78. The highest BCUT2D eigenvalue weighted by Gasteiger charge is 2.08. The van der Waals surface area contributed by atoms with Gasteiger partial charge in [-0.1, -0.05) is 0 Å². The lowest BCUT2D eigenvalue weighted by Crippen LogP contribution is -2.15. The molecule has 0 bridgehead atoms. The summed E-state index contributed by atoms with van der Waals surface area (Å²) in [5.74, 6) is 0.707. The maximum absolute atomic E-state index is 5.61. The normalized spacial score (nSPS) is 10.2. The molecule has 0 atom stereocenters. The summed E-state index contributed by atoms with van der Waals surface area (Å²) in [5, 5.41) is 1.21. The van der Waals surface area contributed by atoms with Crippen molar-refractivity contribution >= 4 is 23.7 Å². The summed E-state index contributed by atoms with van der Waals surface area (Å²) in [7, 11) is 3.68. The Labute approximate surface area is 103 Å². The number of nitrogens with zero attached hydrogens (tertiary/aromatic N) is 6. The smallest absolute Gasteiger partial charge is 0.230 e. The van der Waals surface area contributed by atoms with Gasteiger partial charge in [0.05, 0.1) is 6.20 Å². The lowest BCUT2D eigenvalue weighted by atomic mass is 10.8. The van der Waals surface area contributed by atoms with Crippen LogP contribution in [0, 0.1) is 0 Å². The standard InChI is InChI=1S/C9H11N7S/c1-16(2)8-13-7(10)14-9(15-8)17-6-5-11-3-4-12-6/h3-5H,1-2H3,(H2,10,13,14,15). The maximum atomic E-state index is 5.61. The fourth-order valence-corrected chi connectivity index (χ4v) is 1.72. The third-order valence-electron chi connectivity index (χ3n) is 1.76. The summed E-state index contributed by atoms with van der Waals surface area (Å²) in [6.45, 7) is 0. The van der Waals surface area contributed by atoms with Gasteiger partial charge in [-0.05, 0) is 11.8 Å². The van der Waals surface area contributed by atoms with Crippen LogP contribution in [0.15, 0.2) is 28.8 Å². The molecule has 2 N–H and O–H groups in total. The zero-order valence-corrected chi connectivity index (χ0v) is 10.2. The third kappa shape index (κ3) is 3.00. The summed E-state index contributed by atoms with van der Waals surface area (Å²) in [6, 6.07) is 0. The van der Waals surface area contributed by atoms with Crippen molar-refractivity contribution < 1.29 is 0 Å². The number of hydrogen-bond donors (Lipinski definition) is 1. The van der Waals surface area contributed by atoms with Crippen LogP contribution in [0.5, 0.6) is 0 Å². The van der Waals surface area contributed by atoms with Crippen molar-refractivity contribution in [3.63, 3.8) is 0 Å². The van der Waals surface area contributed by atoms with Crippen LogP contribution in [-0.4, -0.2) is 39.0 Å². The summed E-state index contributed by atoms with van der Waals surface area (Å²) in [5.41, 5.74) is 5.61. The predicted molar refractivity (Wildman–Crippen MR) is 64.7 cm³/mol. The molecule has 0 fully saturated rings. The average molecular weight is 249 g/mol. The molecule has 2 heterocycles. The van der Waals surface area contributed by atoms with Crippen LogP contribution in [0.25, 0.3) is 0 Å². The molecule has 0 amide bonds. The molecule has 2 aromatic heterocycles. The first kappa shape index (κ1) is 11.5. The van der Waals surface area contributed by atoms with Gasteiger partial charge in [0.15, 0.2) is 0 Å². The molecule has 8 heteroatoms. The molecule has 0 aliphatic rings. The Morgan fingerprint density at radius 2 is 2.00 bits per heavy atom.